The molecule has 0 amide bonds. The van der Waals surface area contributed by atoms with Gasteiger partial charge in [-0.05, 0) is 44.2 Å². The summed E-state index contributed by atoms with van der Waals surface area (Å²) in [6.07, 6.45) is 5.70. The van der Waals surface area contributed by atoms with Crippen LogP contribution in [0.4, 0.5) is 11.8 Å². The highest BCUT2D eigenvalue weighted by Gasteiger charge is 2.31. The summed E-state index contributed by atoms with van der Waals surface area (Å²) in [6.45, 7) is 6.41. The van der Waals surface area contributed by atoms with Crippen LogP contribution >= 0.6 is 0 Å². The third-order valence-electron chi connectivity index (χ3n) is 6.87. The number of piperazine rings is 1. The first-order chi connectivity index (χ1) is 16.5. The minimum Gasteiger partial charge on any atom is -0.465 e. The van der Waals surface area contributed by atoms with Crippen LogP contribution in [0.3, 0.4) is 0 Å². The smallest absolute Gasteiger partial charge is 0.341 e. The number of ether oxygens (including phenoxy) is 1. The molecule has 3 heterocycles. The quantitative estimate of drug-likeness (QED) is 0.539. The maximum absolute atomic E-state index is 11.9. The lowest BCUT2D eigenvalue weighted by Crippen LogP contribution is -2.53. The maximum atomic E-state index is 11.9. The number of anilines is 2. The third kappa shape index (κ3) is 4.20. The van der Waals surface area contributed by atoms with Crippen LogP contribution in [0, 0.1) is 6.92 Å². The molecule has 8 heteroatoms. The van der Waals surface area contributed by atoms with Gasteiger partial charge in [-0.15, -0.1) is 5.10 Å². The van der Waals surface area contributed by atoms with Crippen LogP contribution in [0.25, 0.3) is 0 Å². The number of aromatic nitrogens is 4. The van der Waals surface area contributed by atoms with Gasteiger partial charge >= 0.3 is 5.97 Å². The molecule has 1 aliphatic carbocycles. The van der Waals surface area contributed by atoms with Crippen molar-refractivity contribution in [2.45, 2.75) is 45.6 Å². The second-order valence-electron chi connectivity index (χ2n) is 9.09. The Morgan fingerprint density at radius 3 is 2.65 bits per heavy atom. The van der Waals surface area contributed by atoms with E-state index >= 15 is 0 Å². The monoisotopic (exact) mass is 458 g/mol. The van der Waals surface area contributed by atoms with Crippen molar-refractivity contribution in [3.05, 3.63) is 70.2 Å². The van der Waals surface area contributed by atoms with Crippen molar-refractivity contribution in [2.75, 3.05) is 36.5 Å². The summed E-state index contributed by atoms with van der Waals surface area (Å²) in [4.78, 5) is 25.5. The molecule has 1 fully saturated rings. The normalized spacial score (nSPS) is 17.6. The van der Waals surface area contributed by atoms with Gasteiger partial charge in [0.1, 0.15) is 0 Å². The predicted octanol–water partition coefficient (Wildman–Crippen LogP) is 3.16. The molecule has 0 saturated carbocycles. The summed E-state index contributed by atoms with van der Waals surface area (Å²) in [5.74, 6) is 1.27. The summed E-state index contributed by atoms with van der Waals surface area (Å²) in [6, 6.07) is 10.7. The average Bonchev–Trinajstić information content (AvgIpc) is 3.35. The van der Waals surface area contributed by atoms with Gasteiger partial charge in [-0.2, -0.15) is 5.10 Å². The molecule has 0 bridgehead atoms. The second-order valence-corrected chi connectivity index (χ2v) is 9.09. The van der Waals surface area contributed by atoms with Gasteiger partial charge in [0.25, 0.3) is 0 Å². The number of methoxy groups -OCH3 is 1. The van der Waals surface area contributed by atoms with E-state index in [9.17, 15) is 4.79 Å². The average molecular weight is 459 g/mol. The fraction of sp³-hybridized carbons (Fsp3) is 0.423. The van der Waals surface area contributed by atoms with Gasteiger partial charge in [-0.1, -0.05) is 30.3 Å². The van der Waals surface area contributed by atoms with E-state index in [0.717, 1.165) is 56.8 Å². The Morgan fingerprint density at radius 1 is 1.12 bits per heavy atom. The van der Waals surface area contributed by atoms with E-state index in [0.29, 0.717) is 17.2 Å². The van der Waals surface area contributed by atoms with E-state index in [-0.39, 0.29) is 6.04 Å². The molecule has 0 N–H and O–H groups in total. The topological polar surface area (TPSA) is 84.3 Å². The first-order valence-electron chi connectivity index (χ1n) is 11.9. The fourth-order valence-corrected chi connectivity index (χ4v) is 5.07. The molecule has 3 aromatic rings. The molecule has 1 aliphatic heterocycles. The van der Waals surface area contributed by atoms with Crippen LogP contribution in [0.1, 0.15) is 51.8 Å². The zero-order chi connectivity index (χ0) is 23.7. The highest BCUT2D eigenvalue weighted by molar-refractivity contribution is 5.90. The first-order valence-corrected chi connectivity index (χ1v) is 11.9. The van der Waals surface area contributed by atoms with Gasteiger partial charge in [0.15, 0.2) is 5.82 Å². The van der Waals surface area contributed by atoms with Crippen molar-refractivity contribution in [3.8, 4) is 0 Å². The molecule has 176 valence electrons. The molecule has 34 heavy (non-hydrogen) atoms. The lowest BCUT2D eigenvalue weighted by Gasteiger charge is -2.40. The minimum atomic E-state index is -0.412. The minimum absolute atomic E-state index is 0.194. The molecule has 0 unspecified atom stereocenters. The Balaban J connectivity index is 1.34. The molecule has 1 saturated heterocycles. The van der Waals surface area contributed by atoms with Crippen LogP contribution in [-0.2, 0) is 24.0 Å². The Labute approximate surface area is 200 Å². The third-order valence-corrected chi connectivity index (χ3v) is 6.87. The van der Waals surface area contributed by atoms with Crippen molar-refractivity contribution in [1.82, 2.24) is 20.2 Å². The van der Waals surface area contributed by atoms with E-state index in [4.69, 9.17) is 14.9 Å². The molecular weight excluding hydrogens is 428 g/mol. The van der Waals surface area contributed by atoms with Crippen LogP contribution in [0.2, 0.25) is 0 Å². The number of carbonyl (C=O) groups is 1. The Kier molecular flexibility index (Phi) is 6.13. The van der Waals surface area contributed by atoms with E-state index in [1.807, 2.05) is 13.0 Å². The number of nitrogens with zero attached hydrogens (tertiary/aromatic N) is 6. The summed E-state index contributed by atoms with van der Waals surface area (Å²) in [5.41, 5.74) is 6.18. The van der Waals surface area contributed by atoms with Crippen molar-refractivity contribution in [1.29, 1.82) is 0 Å². The van der Waals surface area contributed by atoms with Crippen molar-refractivity contribution < 1.29 is 9.53 Å². The molecule has 1 atom stereocenters. The number of esters is 1. The molecule has 5 rings (SSSR count). The molecule has 2 aliphatic rings. The molecule has 0 spiro atoms. The van der Waals surface area contributed by atoms with E-state index in [1.165, 1.54) is 23.8 Å². The van der Waals surface area contributed by atoms with E-state index in [1.54, 1.807) is 6.20 Å². The Hall–Kier alpha value is -3.55. The largest absolute Gasteiger partial charge is 0.465 e. The number of fused-ring (bicyclic) bond motifs is 1. The van der Waals surface area contributed by atoms with Gasteiger partial charge < -0.3 is 14.5 Å². The van der Waals surface area contributed by atoms with Gasteiger partial charge in [0.05, 0.1) is 24.1 Å². The van der Waals surface area contributed by atoms with Crippen molar-refractivity contribution in [2.24, 2.45) is 0 Å². The zero-order valence-corrected chi connectivity index (χ0v) is 20.0. The van der Waals surface area contributed by atoms with Crippen LogP contribution < -0.4 is 9.80 Å². The van der Waals surface area contributed by atoms with E-state index < -0.39 is 5.97 Å². The van der Waals surface area contributed by atoms with Crippen LogP contribution in [0.5, 0.6) is 0 Å². The maximum Gasteiger partial charge on any atom is 0.341 e. The molecule has 2 aromatic heterocycles. The first kappa shape index (κ1) is 22.3. The van der Waals surface area contributed by atoms with Crippen molar-refractivity contribution >= 4 is 17.7 Å². The van der Waals surface area contributed by atoms with Crippen LogP contribution in [-0.4, -0.2) is 58.9 Å². The number of aryl methyl sites for hydroxylation is 1. The summed E-state index contributed by atoms with van der Waals surface area (Å²) in [7, 11) is 1.37. The molecule has 8 nitrogen and oxygen atoms in total. The second kappa shape index (κ2) is 9.37. The van der Waals surface area contributed by atoms with Gasteiger partial charge in [0, 0.05) is 43.9 Å². The zero-order valence-electron chi connectivity index (χ0n) is 20.0. The van der Waals surface area contributed by atoms with Gasteiger partial charge in [-0.25, -0.2) is 14.8 Å². The van der Waals surface area contributed by atoms with Gasteiger partial charge in [0.2, 0.25) is 5.95 Å². The number of hydrogen-bond acceptors (Lipinski definition) is 8. The number of carbonyl (C=O) groups excluding carboxylic acids is 1. The van der Waals surface area contributed by atoms with E-state index in [2.05, 4.69) is 51.0 Å². The fourth-order valence-electron chi connectivity index (χ4n) is 5.07. The Bertz CT molecular complexity index is 1200. The summed E-state index contributed by atoms with van der Waals surface area (Å²) in [5, 5.41) is 9.43. The number of hydrogen-bond donors (Lipinski definition) is 0. The lowest BCUT2D eigenvalue weighted by atomic mass is 10.0. The highest BCUT2D eigenvalue weighted by atomic mass is 16.5. The molecule has 1 aromatic carbocycles. The SMILES string of the molecule is COC(=O)c1cnc(N2CCN(c3nnc(Cc4ccccc4)c4c3CCC4)C[C@H]2C)nc1C. The molecule has 0 radical (unpaired) electrons. The van der Waals surface area contributed by atoms with Crippen LogP contribution in [0.15, 0.2) is 36.5 Å². The predicted molar refractivity (Wildman–Crippen MR) is 130 cm³/mol. The highest BCUT2D eigenvalue weighted by Crippen LogP contribution is 2.33. The summed E-state index contributed by atoms with van der Waals surface area (Å²) < 4.78 is 4.81. The standard InChI is InChI=1S/C26H30N6O2/c1-17-16-31(12-13-32(17)26-27-15-22(18(2)28-26)25(33)34-3)24-21-11-7-10-20(21)23(29-30-24)14-19-8-5-4-6-9-19/h4-6,8-9,15,17H,7,10-14,16H2,1-3H3/t17-/m1/s1. The number of rotatable bonds is 5. The lowest BCUT2D eigenvalue weighted by molar-refractivity contribution is 0.0599. The van der Waals surface area contributed by atoms with Gasteiger partial charge in [-0.3, -0.25) is 0 Å². The number of benzene rings is 1. The Morgan fingerprint density at radius 2 is 1.91 bits per heavy atom. The molecular formula is C26H30N6O2. The summed E-state index contributed by atoms with van der Waals surface area (Å²) >= 11 is 0. The van der Waals surface area contributed by atoms with Crippen molar-refractivity contribution in [3.63, 3.8) is 0 Å².